The molecule has 2 saturated heterocycles. The molecule has 0 radical (unpaired) electrons. The van der Waals surface area contributed by atoms with E-state index in [1.165, 1.54) is 12.8 Å². The van der Waals surface area contributed by atoms with Gasteiger partial charge in [-0.25, -0.2) is 8.42 Å². The molecule has 2 rings (SSSR count). The lowest BCUT2D eigenvalue weighted by Gasteiger charge is -2.12. The summed E-state index contributed by atoms with van der Waals surface area (Å²) in [6.07, 6.45) is 3.80. The molecule has 6 heteroatoms. The van der Waals surface area contributed by atoms with Crippen molar-refractivity contribution in [2.45, 2.75) is 31.7 Å². The highest BCUT2D eigenvalue weighted by atomic mass is 32.2. The van der Waals surface area contributed by atoms with Crippen LogP contribution in [0.3, 0.4) is 0 Å². The van der Waals surface area contributed by atoms with Gasteiger partial charge in [0.1, 0.15) is 0 Å². The Balaban J connectivity index is 1.67. The van der Waals surface area contributed by atoms with Gasteiger partial charge in [0.25, 0.3) is 0 Å². The summed E-state index contributed by atoms with van der Waals surface area (Å²) in [5.74, 6) is -0.226. The number of carbonyl (C=O) groups is 1. The zero-order valence-corrected chi connectivity index (χ0v) is 10.8. The lowest BCUT2D eigenvalue weighted by Crippen LogP contribution is -2.35. The second-order valence-corrected chi connectivity index (χ2v) is 7.20. The molecule has 2 aliphatic heterocycles. The van der Waals surface area contributed by atoms with E-state index in [9.17, 15) is 13.2 Å². The van der Waals surface area contributed by atoms with Crippen LogP contribution in [0.25, 0.3) is 0 Å². The van der Waals surface area contributed by atoms with Crippen LogP contribution < -0.4 is 10.6 Å². The minimum absolute atomic E-state index is 0.0283. The van der Waals surface area contributed by atoms with E-state index in [4.69, 9.17) is 0 Å². The molecule has 2 atom stereocenters. The summed E-state index contributed by atoms with van der Waals surface area (Å²) in [5, 5.41) is 6.21. The molecule has 0 aliphatic carbocycles. The van der Waals surface area contributed by atoms with Gasteiger partial charge in [0, 0.05) is 12.6 Å². The second kappa shape index (κ2) is 5.35. The number of nitrogens with one attached hydrogen (secondary N) is 2. The second-order valence-electron chi connectivity index (χ2n) is 4.97. The molecular weight excluding hydrogens is 240 g/mol. The third kappa shape index (κ3) is 3.67. The zero-order chi connectivity index (χ0) is 12.3. The van der Waals surface area contributed by atoms with Gasteiger partial charge in [-0.3, -0.25) is 4.79 Å². The number of rotatable bonds is 4. The maximum atomic E-state index is 11.7. The van der Waals surface area contributed by atoms with E-state index in [0.29, 0.717) is 19.0 Å². The van der Waals surface area contributed by atoms with Gasteiger partial charge in [-0.1, -0.05) is 0 Å². The SMILES string of the molecule is O=C(NCCC1CCCN1)C1CCS(=O)(=O)C1. The number of hydrogen-bond acceptors (Lipinski definition) is 4. The average Bonchev–Trinajstić information content (AvgIpc) is 2.87. The van der Waals surface area contributed by atoms with Gasteiger partial charge in [-0.2, -0.15) is 0 Å². The van der Waals surface area contributed by atoms with Crippen LogP contribution in [0, 0.1) is 5.92 Å². The quantitative estimate of drug-likeness (QED) is 0.726. The Hall–Kier alpha value is -0.620. The van der Waals surface area contributed by atoms with Gasteiger partial charge in [-0.15, -0.1) is 0 Å². The van der Waals surface area contributed by atoms with E-state index in [1.54, 1.807) is 0 Å². The Kier molecular flexibility index (Phi) is 4.04. The first-order chi connectivity index (χ1) is 8.07. The van der Waals surface area contributed by atoms with E-state index >= 15 is 0 Å². The number of amides is 1. The topological polar surface area (TPSA) is 75.3 Å². The maximum Gasteiger partial charge on any atom is 0.224 e. The average molecular weight is 260 g/mol. The molecule has 5 nitrogen and oxygen atoms in total. The third-order valence-corrected chi connectivity index (χ3v) is 5.33. The van der Waals surface area contributed by atoms with Crippen molar-refractivity contribution >= 4 is 15.7 Å². The fourth-order valence-corrected chi connectivity index (χ4v) is 4.26. The lowest BCUT2D eigenvalue weighted by atomic mass is 10.1. The minimum Gasteiger partial charge on any atom is -0.356 e. The van der Waals surface area contributed by atoms with Crippen LogP contribution in [0.1, 0.15) is 25.7 Å². The van der Waals surface area contributed by atoms with Crippen molar-refractivity contribution in [3.05, 3.63) is 0 Å². The van der Waals surface area contributed by atoms with Crippen LogP contribution in [0.5, 0.6) is 0 Å². The van der Waals surface area contributed by atoms with Crippen LogP contribution >= 0.6 is 0 Å². The summed E-state index contributed by atoms with van der Waals surface area (Å²) in [6, 6.07) is 0.516. The van der Waals surface area contributed by atoms with Crippen LogP contribution in [-0.2, 0) is 14.6 Å². The van der Waals surface area contributed by atoms with Gasteiger partial charge in [-0.05, 0) is 32.2 Å². The largest absolute Gasteiger partial charge is 0.356 e. The number of carbonyl (C=O) groups excluding carboxylic acids is 1. The Morgan fingerprint density at radius 2 is 2.18 bits per heavy atom. The summed E-state index contributed by atoms with van der Waals surface area (Å²) in [6.45, 7) is 1.71. The Morgan fingerprint density at radius 1 is 1.35 bits per heavy atom. The van der Waals surface area contributed by atoms with Crippen molar-refractivity contribution < 1.29 is 13.2 Å². The first-order valence-corrected chi connectivity index (χ1v) is 8.10. The summed E-state index contributed by atoms with van der Waals surface area (Å²) in [7, 11) is -2.95. The molecule has 2 N–H and O–H groups in total. The number of sulfone groups is 1. The molecule has 0 saturated carbocycles. The molecule has 0 spiro atoms. The fourth-order valence-electron chi connectivity index (χ4n) is 2.52. The van der Waals surface area contributed by atoms with E-state index < -0.39 is 9.84 Å². The van der Waals surface area contributed by atoms with Gasteiger partial charge in [0.15, 0.2) is 9.84 Å². The molecule has 0 bridgehead atoms. The molecule has 2 fully saturated rings. The standard InChI is InChI=1S/C11H20N2O3S/c14-11(9-4-7-17(15,16)8-9)13-6-3-10-2-1-5-12-10/h9-10,12H,1-8H2,(H,13,14). The van der Waals surface area contributed by atoms with Crippen LogP contribution in [0.15, 0.2) is 0 Å². The van der Waals surface area contributed by atoms with Crippen LogP contribution in [0.4, 0.5) is 0 Å². The van der Waals surface area contributed by atoms with Crippen molar-refractivity contribution in [2.75, 3.05) is 24.6 Å². The highest BCUT2D eigenvalue weighted by molar-refractivity contribution is 7.91. The molecule has 17 heavy (non-hydrogen) atoms. The number of hydrogen-bond donors (Lipinski definition) is 2. The van der Waals surface area contributed by atoms with Crippen molar-refractivity contribution in [1.82, 2.24) is 10.6 Å². The van der Waals surface area contributed by atoms with E-state index in [-0.39, 0.29) is 23.3 Å². The fraction of sp³-hybridized carbons (Fsp3) is 0.909. The van der Waals surface area contributed by atoms with Crippen molar-refractivity contribution in [2.24, 2.45) is 5.92 Å². The molecule has 2 unspecified atom stereocenters. The van der Waals surface area contributed by atoms with E-state index in [0.717, 1.165) is 13.0 Å². The highest BCUT2D eigenvalue weighted by Gasteiger charge is 2.32. The van der Waals surface area contributed by atoms with Gasteiger partial charge in [0.2, 0.25) is 5.91 Å². The molecule has 0 aromatic carbocycles. The molecule has 98 valence electrons. The van der Waals surface area contributed by atoms with Gasteiger partial charge >= 0.3 is 0 Å². The highest BCUT2D eigenvalue weighted by Crippen LogP contribution is 2.18. The first kappa shape index (κ1) is 12.8. The third-order valence-electron chi connectivity index (χ3n) is 3.56. The maximum absolute atomic E-state index is 11.7. The Bertz CT molecular complexity index is 374. The van der Waals surface area contributed by atoms with Gasteiger partial charge in [0.05, 0.1) is 17.4 Å². The summed E-state index contributed by atoms with van der Waals surface area (Å²) in [5.41, 5.74) is 0. The summed E-state index contributed by atoms with van der Waals surface area (Å²) in [4.78, 5) is 11.7. The van der Waals surface area contributed by atoms with Crippen molar-refractivity contribution in [3.8, 4) is 0 Å². The minimum atomic E-state index is -2.95. The Labute approximate surface area is 102 Å². The molecule has 2 heterocycles. The molecule has 1 amide bonds. The lowest BCUT2D eigenvalue weighted by molar-refractivity contribution is -0.124. The monoisotopic (exact) mass is 260 g/mol. The molecule has 2 aliphatic rings. The summed E-state index contributed by atoms with van der Waals surface area (Å²) >= 11 is 0. The van der Waals surface area contributed by atoms with Gasteiger partial charge < -0.3 is 10.6 Å². The predicted octanol–water partition coefficient (Wildman–Crippen LogP) is -0.321. The Morgan fingerprint density at radius 3 is 2.76 bits per heavy atom. The summed E-state index contributed by atoms with van der Waals surface area (Å²) < 4.78 is 22.5. The van der Waals surface area contributed by atoms with Crippen molar-refractivity contribution in [1.29, 1.82) is 0 Å². The molecule has 0 aromatic rings. The normalized spacial score (nSPS) is 31.5. The van der Waals surface area contributed by atoms with E-state index in [1.807, 2.05) is 0 Å². The molecular formula is C11H20N2O3S. The first-order valence-electron chi connectivity index (χ1n) is 6.28. The smallest absolute Gasteiger partial charge is 0.224 e. The molecule has 0 aromatic heterocycles. The zero-order valence-electron chi connectivity index (χ0n) is 9.94. The predicted molar refractivity (Wildman–Crippen MR) is 65.4 cm³/mol. The van der Waals surface area contributed by atoms with E-state index in [2.05, 4.69) is 10.6 Å². The van der Waals surface area contributed by atoms with Crippen LogP contribution in [0.2, 0.25) is 0 Å². The van der Waals surface area contributed by atoms with Crippen molar-refractivity contribution in [3.63, 3.8) is 0 Å². The van der Waals surface area contributed by atoms with Crippen LogP contribution in [-0.4, -0.2) is 45.0 Å².